The van der Waals surface area contributed by atoms with E-state index in [1.807, 2.05) is 0 Å². The van der Waals surface area contributed by atoms with E-state index in [0.29, 0.717) is 31.5 Å². The van der Waals surface area contributed by atoms with Crippen LogP contribution in [0.2, 0.25) is 10.2 Å². The minimum atomic E-state index is -4.87. The van der Waals surface area contributed by atoms with Gasteiger partial charge in [-0.25, -0.2) is 18.1 Å². The summed E-state index contributed by atoms with van der Waals surface area (Å²) in [7, 11) is -4.09. The minimum Gasteiger partial charge on any atom is -0.406 e. The van der Waals surface area contributed by atoms with E-state index in [1.54, 1.807) is 0 Å². The molecule has 1 aromatic carbocycles. The van der Waals surface area contributed by atoms with E-state index in [4.69, 9.17) is 23.2 Å². The number of halogens is 5. The van der Waals surface area contributed by atoms with E-state index in [1.165, 1.54) is 12.3 Å². The van der Waals surface area contributed by atoms with E-state index >= 15 is 0 Å². The van der Waals surface area contributed by atoms with Crippen molar-refractivity contribution in [3.63, 3.8) is 0 Å². The average molecular weight is 470 g/mol. The monoisotopic (exact) mass is 469 g/mol. The van der Waals surface area contributed by atoms with Crippen molar-refractivity contribution in [2.45, 2.75) is 29.6 Å². The molecular weight excluding hydrogens is 454 g/mol. The fourth-order valence-electron chi connectivity index (χ4n) is 3.20. The number of rotatable bonds is 5. The molecule has 1 aliphatic rings. The van der Waals surface area contributed by atoms with Crippen LogP contribution >= 0.6 is 23.2 Å². The first kappa shape index (κ1) is 22.1. The maximum Gasteiger partial charge on any atom is 0.573 e. The number of aromatic nitrogens is 1. The highest BCUT2D eigenvalue weighted by atomic mass is 35.5. The maximum absolute atomic E-state index is 13.0. The zero-order valence-electron chi connectivity index (χ0n) is 14.8. The summed E-state index contributed by atoms with van der Waals surface area (Å²) < 4.78 is 69.3. The van der Waals surface area contributed by atoms with Crippen molar-refractivity contribution in [1.82, 2.24) is 15.0 Å². The van der Waals surface area contributed by atoms with Gasteiger partial charge in [0.15, 0.2) is 0 Å². The molecule has 1 fully saturated rings. The molecular formula is C17H16Cl2F3N3O3S. The van der Waals surface area contributed by atoms with Crippen molar-refractivity contribution in [1.29, 1.82) is 0 Å². The van der Waals surface area contributed by atoms with E-state index in [0.717, 1.165) is 24.3 Å². The van der Waals surface area contributed by atoms with Crippen molar-refractivity contribution >= 4 is 33.2 Å². The van der Waals surface area contributed by atoms with Crippen LogP contribution in [0.25, 0.3) is 0 Å². The second kappa shape index (κ2) is 8.27. The third-order valence-corrected chi connectivity index (χ3v) is 6.55. The lowest BCUT2D eigenvalue weighted by Crippen LogP contribution is -2.52. The summed E-state index contributed by atoms with van der Waals surface area (Å²) in [5.74, 6) is -0.517. The van der Waals surface area contributed by atoms with Crippen LogP contribution in [0.15, 0.2) is 41.4 Å². The standard InChI is InChI=1S/C17H16Cl2F3N3O3S/c18-14-10-24-15(19)9-13(14)16(5-7-23-8-6-16)25-29(26,27)12-3-1-11(2-4-12)28-17(20,21)22/h1-4,9-10,23,25H,5-8H2. The van der Waals surface area contributed by atoms with Crippen LogP contribution < -0.4 is 14.8 Å². The molecule has 0 aliphatic carbocycles. The summed E-state index contributed by atoms with van der Waals surface area (Å²) in [6, 6.07) is 5.47. The number of hydrogen-bond acceptors (Lipinski definition) is 5. The Kier molecular flexibility index (Phi) is 6.30. The zero-order chi connectivity index (χ0) is 21.3. The molecule has 29 heavy (non-hydrogen) atoms. The summed E-state index contributed by atoms with van der Waals surface area (Å²) in [6.45, 7) is 1.05. The van der Waals surface area contributed by atoms with Crippen LogP contribution in [0, 0.1) is 0 Å². The summed E-state index contributed by atoms with van der Waals surface area (Å²) in [4.78, 5) is 3.69. The number of piperidine rings is 1. The summed E-state index contributed by atoms with van der Waals surface area (Å²) >= 11 is 12.3. The molecule has 0 bridgehead atoms. The lowest BCUT2D eigenvalue weighted by molar-refractivity contribution is -0.274. The first-order chi connectivity index (χ1) is 13.5. The van der Waals surface area contributed by atoms with Crippen LogP contribution in [0.5, 0.6) is 5.75 Å². The largest absolute Gasteiger partial charge is 0.573 e. The van der Waals surface area contributed by atoms with E-state index in [2.05, 4.69) is 19.8 Å². The summed E-state index contributed by atoms with van der Waals surface area (Å²) in [5.41, 5.74) is -0.559. The van der Waals surface area contributed by atoms with Crippen LogP contribution in [0.4, 0.5) is 13.2 Å². The van der Waals surface area contributed by atoms with Gasteiger partial charge in [0.1, 0.15) is 10.9 Å². The Morgan fingerprint density at radius 2 is 1.76 bits per heavy atom. The molecule has 0 atom stereocenters. The molecule has 0 saturated carbocycles. The maximum atomic E-state index is 13.0. The van der Waals surface area contributed by atoms with Crippen LogP contribution in [-0.2, 0) is 15.6 Å². The molecule has 0 unspecified atom stereocenters. The summed E-state index contributed by atoms with van der Waals surface area (Å²) in [5, 5.41) is 3.57. The van der Waals surface area contributed by atoms with Gasteiger partial charge < -0.3 is 10.1 Å². The molecule has 158 valence electrons. The van der Waals surface area contributed by atoms with Gasteiger partial charge in [-0.2, -0.15) is 0 Å². The first-order valence-corrected chi connectivity index (χ1v) is 10.7. The fourth-order valence-corrected chi connectivity index (χ4v) is 5.08. The predicted octanol–water partition coefficient (Wildman–Crippen LogP) is 3.84. The second-order valence-corrected chi connectivity index (χ2v) is 8.92. The molecule has 6 nitrogen and oxygen atoms in total. The number of alkyl halides is 3. The molecule has 0 spiro atoms. The Hall–Kier alpha value is -1.59. The lowest BCUT2D eigenvalue weighted by atomic mass is 9.83. The molecule has 2 heterocycles. The number of nitrogens with zero attached hydrogens (tertiary/aromatic N) is 1. The van der Waals surface area contributed by atoms with Crippen LogP contribution in [0.3, 0.4) is 0 Å². The van der Waals surface area contributed by atoms with Crippen molar-refractivity contribution in [3.8, 4) is 5.75 Å². The second-order valence-electron chi connectivity index (χ2n) is 6.44. The van der Waals surface area contributed by atoms with Crippen molar-refractivity contribution < 1.29 is 26.3 Å². The normalized spacial score (nSPS) is 17.1. The number of ether oxygens (including phenoxy) is 1. The van der Waals surface area contributed by atoms with Crippen LogP contribution in [0.1, 0.15) is 18.4 Å². The Bertz CT molecular complexity index is 980. The fraction of sp³-hybridized carbons (Fsp3) is 0.353. The SMILES string of the molecule is O=S(=O)(NC1(c2cc(Cl)ncc2Cl)CCNCC1)c1ccc(OC(F)(F)F)cc1. The van der Waals surface area contributed by atoms with Crippen molar-refractivity contribution in [3.05, 3.63) is 52.3 Å². The van der Waals surface area contributed by atoms with Gasteiger partial charge in [-0.15, -0.1) is 13.2 Å². The Morgan fingerprint density at radius 1 is 1.14 bits per heavy atom. The molecule has 2 aromatic rings. The number of hydrogen-bond donors (Lipinski definition) is 2. The number of nitrogens with one attached hydrogen (secondary N) is 2. The van der Waals surface area contributed by atoms with Gasteiger partial charge in [0.2, 0.25) is 10.0 Å². The Balaban J connectivity index is 1.94. The molecule has 12 heteroatoms. The number of sulfonamides is 1. The molecule has 0 radical (unpaired) electrons. The van der Waals surface area contributed by atoms with Crippen molar-refractivity contribution in [2.24, 2.45) is 0 Å². The van der Waals surface area contributed by atoms with Gasteiger partial charge in [0.05, 0.1) is 15.5 Å². The smallest absolute Gasteiger partial charge is 0.406 e. The van der Waals surface area contributed by atoms with Gasteiger partial charge in [0, 0.05) is 6.20 Å². The average Bonchev–Trinajstić information content (AvgIpc) is 2.63. The van der Waals surface area contributed by atoms with Crippen LogP contribution in [-0.4, -0.2) is 32.9 Å². The lowest BCUT2D eigenvalue weighted by Gasteiger charge is -2.39. The molecule has 1 aliphatic heterocycles. The topological polar surface area (TPSA) is 80.3 Å². The third-order valence-electron chi connectivity index (χ3n) is 4.49. The molecule has 3 rings (SSSR count). The van der Waals surface area contributed by atoms with E-state index < -0.39 is 27.7 Å². The number of pyridine rings is 1. The highest BCUT2D eigenvalue weighted by molar-refractivity contribution is 7.89. The predicted molar refractivity (Wildman–Crippen MR) is 101 cm³/mol. The minimum absolute atomic E-state index is 0.162. The van der Waals surface area contributed by atoms with Gasteiger partial charge >= 0.3 is 6.36 Å². The van der Waals surface area contributed by atoms with Gasteiger partial charge in [-0.05, 0) is 61.8 Å². The molecule has 2 N–H and O–H groups in total. The first-order valence-electron chi connectivity index (χ1n) is 8.43. The van der Waals surface area contributed by atoms with E-state index in [9.17, 15) is 21.6 Å². The van der Waals surface area contributed by atoms with Gasteiger partial charge in [-0.1, -0.05) is 23.2 Å². The zero-order valence-corrected chi connectivity index (χ0v) is 17.1. The highest BCUT2D eigenvalue weighted by Gasteiger charge is 2.40. The van der Waals surface area contributed by atoms with E-state index in [-0.39, 0.29) is 15.1 Å². The third kappa shape index (κ3) is 5.32. The molecule has 1 aromatic heterocycles. The number of benzene rings is 1. The van der Waals surface area contributed by atoms with Gasteiger partial charge in [0.25, 0.3) is 0 Å². The Labute approximate surface area is 175 Å². The quantitative estimate of drug-likeness (QED) is 0.650. The highest BCUT2D eigenvalue weighted by Crippen LogP contribution is 2.37. The molecule has 1 saturated heterocycles. The Morgan fingerprint density at radius 3 is 2.34 bits per heavy atom. The van der Waals surface area contributed by atoms with Crippen molar-refractivity contribution in [2.75, 3.05) is 13.1 Å². The molecule has 0 amide bonds. The summed E-state index contributed by atoms with van der Waals surface area (Å²) in [6.07, 6.45) is -2.74. The van der Waals surface area contributed by atoms with Gasteiger partial charge in [-0.3, -0.25) is 0 Å².